The second-order valence-corrected chi connectivity index (χ2v) is 19.3. The fourth-order valence-electron chi connectivity index (χ4n) is 6.58. The standard InChI is InChI=1S/C49H80O19P2/c1-3-5-7-8-9-10-11-12-13-14-15-16-17-18-19-24-28-34-42(53)64-36-39(37-65-70(62,63)68-49-46(57)44(55)45(56)48(47(49)58)67-69(59,60)61)66-43(54)35-29-33-41(52)40(51)32-27-23-21-20-22-26-31-38(50)30-25-6-4-2/h9-10,12-13,15-16,18-23,26-27,31-32,38-41,44-52,55-58H,3-8,11,14,17,24-25,28-30,33-37H2,1-2H3,(H,62,63)(H2,59,60,61)/b10-9-,13-12-,16-15-,19-18-,22-20-,23-21+,31-26+,32-27+/t38-,39+,40-,41-,44?,45?,46?,47?,48+,49-/m0/s1. The number of ether oxygens (including phenoxy) is 2. The number of rotatable bonds is 38. The highest BCUT2D eigenvalue weighted by atomic mass is 31.2. The van der Waals surface area contributed by atoms with Crippen molar-refractivity contribution in [3.63, 3.8) is 0 Å². The first-order valence-electron chi connectivity index (χ1n) is 24.1. The Labute approximate surface area is 413 Å². The Morgan fingerprint density at radius 1 is 0.557 bits per heavy atom. The lowest BCUT2D eigenvalue weighted by molar-refractivity contribution is -0.216. The molecule has 21 heteroatoms. The largest absolute Gasteiger partial charge is 0.472 e. The summed E-state index contributed by atoms with van der Waals surface area (Å²) in [5.74, 6) is -1.61. The van der Waals surface area contributed by atoms with E-state index in [0.717, 1.165) is 38.5 Å². The zero-order valence-corrected chi connectivity index (χ0v) is 42.3. The molecular formula is C49H80O19P2. The Hall–Kier alpha value is -3.20. The number of allylic oxidation sites excluding steroid dienone is 14. The molecule has 19 nitrogen and oxygen atoms in total. The molecule has 0 aromatic carbocycles. The molecule has 0 heterocycles. The molecule has 10 N–H and O–H groups in total. The Kier molecular flexibility index (Phi) is 35.6. The summed E-state index contributed by atoms with van der Waals surface area (Å²) in [6.07, 6.45) is 22.8. The number of aliphatic hydroxyl groups excluding tert-OH is 7. The first kappa shape index (κ1) is 64.8. The molecule has 70 heavy (non-hydrogen) atoms. The van der Waals surface area contributed by atoms with Gasteiger partial charge in [0.25, 0.3) is 0 Å². The topological polar surface area (TPSA) is 317 Å². The molecule has 1 aliphatic rings. The fourth-order valence-corrected chi connectivity index (χ4v) is 8.12. The average molecular weight is 1040 g/mol. The molecule has 0 aliphatic heterocycles. The van der Waals surface area contributed by atoms with Crippen LogP contribution in [0.15, 0.2) is 97.2 Å². The fraction of sp³-hybridized carbons (Fsp3) is 0.633. The zero-order chi connectivity index (χ0) is 52.2. The molecule has 1 rings (SSSR count). The van der Waals surface area contributed by atoms with E-state index >= 15 is 0 Å². The van der Waals surface area contributed by atoms with Crippen LogP contribution in [0, 0.1) is 0 Å². The lowest BCUT2D eigenvalue weighted by Gasteiger charge is -2.43. The number of phosphoric acid groups is 2. The summed E-state index contributed by atoms with van der Waals surface area (Å²) in [6.45, 7) is 2.63. The van der Waals surface area contributed by atoms with Crippen LogP contribution in [0.25, 0.3) is 0 Å². The molecule has 0 aromatic heterocycles. The summed E-state index contributed by atoms with van der Waals surface area (Å²) in [7, 11) is -10.8. The van der Waals surface area contributed by atoms with Crippen molar-refractivity contribution >= 4 is 27.6 Å². The molecule has 400 valence electrons. The second-order valence-electron chi connectivity index (χ2n) is 16.7. The van der Waals surface area contributed by atoms with E-state index in [1.54, 1.807) is 36.5 Å². The van der Waals surface area contributed by atoms with Crippen LogP contribution in [0.2, 0.25) is 0 Å². The first-order valence-corrected chi connectivity index (χ1v) is 27.1. The van der Waals surface area contributed by atoms with Crippen molar-refractivity contribution in [2.75, 3.05) is 13.2 Å². The van der Waals surface area contributed by atoms with Crippen LogP contribution >= 0.6 is 15.6 Å². The van der Waals surface area contributed by atoms with Crippen LogP contribution in [0.3, 0.4) is 0 Å². The van der Waals surface area contributed by atoms with Gasteiger partial charge in [0, 0.05) is 12.8 Å². The summed E-state index contributed by atoms with van der Waals surface area (Å²) >= 11 is 0. The maximum absolute atomic E-state index is 13.0. The van der Waals surface area contributed by atoms with E-state index in [4.69, 9.17) is 18.5 Å². The van der Waals surface area contributed by atoms with Crippen LogP contribution in [0.5, 0.6) is 0 Å². The molecule has 5 unspecified atom stereocenters. The molecule has 1 aliphatic carbocycles. The Morgan fingerprint density at radius 3 is 1.66 bits per heavy atom. The van der Waals surface area contributed by atoms with Gasteiger partial charge in [0.15, 0.2) is 6.10 Å². The molecule has 0 bridgehead atoms. The van der Waals surface area contributed by atoms with Gasteiger partial charge < -0.3 is 59.9 Å². The lowest BCUT2D eigenvalue weighted by Crippen LogP contribution is -2.64. The number of aliphatic hydroxyl groups is 7. The highest BCUT2D eigenvalue weighted by Gasteiger charge is 2.54. The maximum Gasteiger partial charge on any atom is 0.472 e. The predicted molar refractivity (Wildman–Crippen MR) is 263 cm³/mol. The monoisotopic (exact) mass is 1030 g/mol. The quantitative estimate of drug-likeness (QED) is 0.0110. The smallest absolute Gasteiger partial charge is 0.462 e. The number of carbonyl (C=O) groups is 2. The van der Waals surface area contributed by atoms with Gasteiger partial charge in [0.2, 0.25) is 0 Å². The molecule has 0 spiro atoms. The molecule has 1 fully saturated rings. The number of carbonyl (C=O) groups excluding carboxylic acids is 2. The van der Waals surface area contributed by atoms with E-state index < -0.39 is 102 Å². The van der Waals surface area contributed by atoms with Crippen LogP contribution in [-0.4, -0.2) is 137 Å². The van der Waals surface area contributed by atoms with Crippen molar-refractivity contribution in [2.24, 2.45) is 0 Å². The minimum Gasteiger partial charge on any atom is -0.462 e. The summed E-state index contributed by atoms with van der Waals surface area (Å²) in [6, 6.07) is 0. The Morgan fingerprint density at radius 2 is 1.07 bits per heavy atom. The van der Waals surface area contributed by atoms with E-state index in [1.165, 1.54) is 31.4 Å². The minimum absolute atomic E-state index is 0.00996. The summed E-state index contributed by atoms with van der Waals surface area (Å²) in [5, 5.41) is 71.9. The average Bonchev–Trinajstić information content (AvgIpc) is 3.31. The molecule has 0 saturated heterocycles. The van der Waals surface area contributed by atoms with Crippen molar-refractivity contribution < 1.29 is 92.2 Å². The van der Waals surface area contributed by atoms with Crippen LogP contribution in [0.1, 0.15) is 123 Å². The van der Waals surface area contributed by atoms with Crippen LogP contribution < -0.4 is 0 Å². The molecule has 0 amide bonds. The van der Waals surface area contributed by atoms with Crippen molar-refractivity contribution in [3.05, 3.63) is 97.2 Å². The number of hydrogen-bond donors (Lipinski definition) is 10. The van der Waals surface area contributed by atoms with Gasteiger partial charge in [0.05, 0.1) is 24.9 Å². The normalized spacial score (nSPS) is 23.2. The predicted octanol–water partition coefficient (Wildman–Crippen LogP) is 6.08. The van der Waals surface area contributed by atoms with E-state index in [1.807, 2.05) is 18.2 Å². The number of unbranched alkanes of at least 4 members (excludes halogenated alkanes) is 6. The van der Waals surface area contributed by atoms with E-state index in [2.05, 4.69) is 48.8 Å². The van der Waals surface area contributed by atoms with Crippen LogP contribution in [0.4, 0.5) is 0 Å². The zero-order valence-electron chi connectivity index (χ0n) is 40.5. The number of phosphoric ester groups is 2. The SMILES string of the molecule is CCCCC/C=C\C/C=C\C/C=C\C/C=C\CCCC(=O)OC[C@H](COP(=O)(O)O[C@H]1C(O)C(O)C(O)[C@@H](OP(=O)(O)O)C1O)OC(=O)CCC[C@H](O)[C@@H](O)/C=C/C=C/C=C\C=C\[C@@H](O)CCCCC. The third-order valence-electron chi connectivity index (χ3n) is 10.5. The van der Waals surface area contributed by atoms with Gasteiger partial charge in [-0.05, 0) is 64.2 Å². The van der Waals surface area contributed by atoms with Crippen LogP contribution in [-0.2, 0) is 41.8 Å². The highest BCUT2D eigenvalue weighted by molar-refractivity contribution is 7.47. The second kappa shape index (κ2) is 38.4. The van der Waals surface area contributed by atoms with Crippen molar-refractivity contribution in [1.29, 1.82) is 0 Å². The van der Waals surface area contributed by atoms with E-state index in [9.17, 15) is 69.1 Å². The van der Waals surface area contributed by atoms with Crippen molar-refractivity contribution in [1.82, 2.24) is 0 Å². The van der Waals surface area contributed by atoms with Gasteiger partial charge in [-0.1, -0.05) is 143 Å². The molecule has 0 aromatic rings. The van der Waals surface area contributed by atoms with Gasteiger partial charge in [-0.2, -0.15) is 0 Å². The molecule has 0 radical (unpaired) electrons. The molecular weight excluding hydrogens is 954 g/mol. The number of esters is 2. The van der Waals surface area contributed by atoms with Gasteiger partial charge in [-0.3, -0.25) is 23.2 Å². The van der Waals surface area contributed by atoms with Crippen molar-refractivity contribution in [2.45, 2.75) is 184 Å². The Bertz CT molecular complexity index is 1770. The summed E-state index contributed by atoms with van der Waals surface area (Å²) in [5.41, 5.74) is 0. The summed E-state index contributed by atoms with van der Waals surface area (Å²) in [4.78, 5) is 54.3. The third-order valence-corrected chi connectivity index (χ3v) is 12.0. The van der Waals surface area contributed by atoms with Gasteiger partial charge in [-0.25, -0.2) is 9.13 Å². The minimum atomic E-state index is -5.43. The van der Waals surface area contributed by atoms with Gasteiger partial charge in [-0.15, -0.1) is 0 Å². The lowest BCUT2D eigenvalue weighted by atomic mass is 9.85. The summed E-state index contributed by atoms with van der Waals surface area (Å²) < 4.78 is 49.1. The molecule has 1 saturated carbocycles. The molecule has 11 atom stereocenters. The first-order chi connectivity index (χ1) is 33.3. The highest BCUT2D eigenvalue weighted by Crippen LogP contribution is 2.49. The third kappa shape index (κ3) is 32.0. The van der Waals surface area contributed by atoms with E-state index in [0.29, 0.717) is 25.7 Å². The van der Waals surface area contributed by atoms with Gasteiger partial charge in [0.1, 0.15) is 43.2 Å². The number of hydrogen-bond acceptors (Lipinski definition) is 16. The maximum atomic E-state index is 13.0. The Balaban J connectivity index is 2.78. The van der Waals surface area contributed by atoms with Crippen molar-refractivity contribution in [3.8, 4) is 0 Å². The van der Waals surface area contributed by atoms with Gasteiger partial charge >= 0.3 is 27.6 Å². The van der Waals surface area contributed by atoms with E-state index in [-0.39, 0.29) is 25.7 Å².